The number of aliphatic hydroxyl groups excluding tert-OH is 1. The van der Waals surface area contributed by atoms with Crippen molar-refractivity contribution in [3.63, 3.8) is 0 Å². The van der Waals surface area contributed by atoms with Crippen molar-refractivity contribution < 1.29 is 9.63 Å². The second-order valence-electron chi connectivity index (χ2n) is 7.75. The van der Waals surface area contributed by atoms with Gasteiger partial charge in [0.25, 0.3) is 0 Å². The van der Waals surface area contributed by atoms with Gasteiger partial charge in [0.05, 0.1) is 35.6 Å². The summed E-state index contributed by atoms with van der Waals surface area (Å²) in [6.45, 7) is 3.80. The second-order valence-corrected chi connectivity index (χ2v) is 7.75. The minimum atomic E-state index is -0.240. The lowest BCUT2D eigenvalue weighted by Gasteiger charge is -2.18. The quantitative estimate of drug-likeness (QED) is 0.465. The van der Waals surface area contributed by atoms with Crippen LogP contribution in [0.3, 0.4) is 0 Å². The average molecular weight is 413 g/mol. The van der Waals surface area contributed by atoms with Crippen LogP contribution in [0.2, 0.25) is 0 Å². The van der Waals surface area contributed by atoms with Crippen LogP contribution < -0.4 is 0 Å². The third-order valence-corrected chi connectivity index (χ3v) is 5.70. The number of benzene rings is 1. The molecule has 1 N–H and O–H groups in total. The van der Waals surface area contributed by atoms with Gasteiger partial charge in [-0.1, -0.05) is 35.5 Å². The Balaban J connectivity index is 1.77. The van der Waals surface area contributed by atoms with Gasteiger partial charge in [0.2, 0.25) is 0 Å². The van der Waals surface area contributed by atoms with Crippen molar-refractivity contribution in [2.75, 3.05) is 6.61 Å². The molecule has 0 bridgehead atoms. The van der Waals surface area contributed by atoms with Crippen molar-refractivity contribution >= 4 is 11.0 Å². The molecule has 156 valence electrons. The molecule has 0 saturated carbocycles. The number of aryl methyl sites for hydroxylation is 3. The number of fused-ring (bicyclic) bond motifs is 1. The first-order chi connectivity index (χ1) is 15.1. The maximum absolute atomic E-state index is 10.3. The summed E-state index contributed by atoms with van der Waals surface area (Å²) in [5.74, 6) is 0.756. The lowest BCUT2D eigenvalue weighted by Crippen LogP contribution is -2.13. The monoisotopic (exact) mass is 413 g/mol. The number of hydrogen-bond donors (Lipinski definition) is 1. The molecular weight excluding hydrogens is 390 g/mol. The van der Waals surface area contributed by atoms with Crippen molar-refractivity contribution in [1.82, 2.24) is 24.5 Å². The van der Waals surface area contributed by atoms with Gasteiger partial charge in [0, 0.05) is 47.9 Å². The number of aliphatic hydroxyl groups is 1. The Bertz CT molecular complexity index is 1340. The molecule has 0 saturated heterocycles. The molecule has 4 heterocycles. The third-order valence-electron chi connectivity index (χ3n) is 5.70. The Kier molecular flexibility index (Phi) is 4.67. The van der Waals surface area contributed by atoms with Gasteiger partial charge >= 0.3 is 0 Å². The molecule has 0 aliphatic rings. The predicted octanol–water partition coefficient (Wildman–Crippen LogP) is 4.29. The third kappa shape index (κ3) is 3.23. The molecule has 1 aromatic carbocycles. The van der Waals surface area contributed by atoms with Crippen molar-refractivity contribution in [3.05, 3.63) is 78.2 Å². The Hall–Kier alpha value is -3.71. The summed E-state index contributed by atoms with van der Waals surface area (Å²) in [7, 11) is 1.90. The normalized spacial score (nSPS) is 12.5. The van der Waals surface area contributed by atoms with Gasteiger partial charge in [-0.3, -0.25) is 9.67 Å². The smallest absolute Gasteiger partial charge is 0.141 e. The van der Waals surface area contributed by atoms with Crippen molar-refractivity contribution in [2.24, 2.45) is 7.05 Å². The van der Waals surface area contributed by atoms with E-state index in [1.807, 2.05) is 69.8 Å². The van der Waals surface area contributed by atoms with E-state index in [4.69, 9.17) is 9.51 Å². The van der Waals surface area contributed by atoms with Gasteiger partial charge in [0.15, 0.2) is 0 Å². The van der Waals surface area contributed by atoms with Crippen LogP contribution in [0.4, 0.5) is 0 Å². The van der Waals surface area contributed by atoms with E-state index >= 15 is 0 Å². The summed E-state index contributed by atoms with van der Waals surface area (Å²) in [6, 6.07) is 11.9. The highest BCUT2D eigenvalue weighted by atomic mass is 16.5. The molecule has 31 heavy (non-hydrogen) atoms. The van der Waals surface area contributed by atoms with E-state index in [0.29, 0.717) is 0 Å². The topological polar surface area (TPSA) is 81.9 Å². The number of hydrogen-bond acceptors (Lipinski definition) is 5. The zero-order valence-electron chi connectivity index (χ0n) is 17.6. The van der Waals surface area contributed by atoms with Gasteiger partial charge in [-0.25, -0.2) is 0 Å². The van der Waals surface area contributed by atoms with Crippen LogP contribution in [0.1, 0.15) is 23.1 Å². The Morgan fingerprint density at radius 1 is 1.06 bits per heavy atom. The fourth-order valence-electron chi connectivity index (χ4n) is 4.22. The highest BCUT2D eigenvalue weighted by Gasteiger charge is 2.21. The maximum Gasteiger partial charge on any atom is 0.141 e. The largest absolute Gasteiger partial charge is 0.394 e. The number of rotatable bonds is 5. The highest BCUT2D eigenvalue weighted by Crippen LogP contribution is 2.36. The summed E-state index contributed by atoms with van der Waals surface area (Å²) in [5, 5.41) is 18.7. The number of nitrogens with zero attached hydrogens (tertiary/aromatic N) is 5. The first-order valence-electron chi connectivity index (χ1n) is 10.2. The van der Waals surface area contributed by atoms with Gasteiger partial charge in [-0.05, 0) is 25.5 Å². The van der Waals surface area contributed by atoms with Crippen molar-refractivity contribution in [2.45, 2.75) is 19.9 Å². The molecule has 7 nitrogen and oxygen atoms in total. The second kappa shape index (κ2) is 7.52. The van der Waals surface area contributed by atoms with E-state index in [1.165, 1.54) is 0 Å². The summed E-state index contributed by atoms with van der Waals surface area (Å²) in [4.78, 5) is 4.83. The van der Waals surface area contributed by atoms with Crippen LogP contribution in [-0.2, 0) is 7.05 Å². The standard InChI is InChI=1S/C24H23N5O2/c1-15-23(16(2)31-27-15)18-9-21-24(25-10-18)20(19-11-26-28(3)12-19)13-29(21)22(14-30)17-7-5-4-6-8-17/h4-13,22,30H,14H2,1-3H3. The molecule has 0 aliphatic heterocycles. The fourth-order valence-corrected chi connectivity index (χ4v) is 4.22. The molecule has 5 aromatic rings. The van der Waals surface area contributed by atoms with Crippen LogP contribution >= 0.6 is 0 Å². The van der Waals surface area contributed by atoms with Crippen LogP contribution in [0.5, 0.6) is 0 Å². The minimum Gasteiger partial charge on any atom is -0.394 e. The van der Waals surface area contributed by atoms with E-state index in [0.717, 1.165) is 50.3 Å². The lowest BCUT2D eigenvalue weighted by molar-refractivity contribution is 0.252. The van der Waals surface area contributed by atoms with Crippen LogP contribution in [0.15, 0.2) is 65.7 Å². The zero-order valence-corrected chi connectivity index (χ0v) is 17.6. The Morgan fingerprint density at radius 2 is 1.87 bits per heavy atom. The summed E-state index contributed by atoms with van der Waals surface area (Å²) in [6.07, 6.45) is 7.72. The van der Waals surface area contributed by atoms with Gasteiger partial charge < -0.3 is 14.2 Å². The van der Waals surface area contributed by atoms with Crippen LogP contribution in [0, 0.1) is 13.8 Å². The molecule has 4 aromatic heterocycles. The first kappa shape index (κ1) is 19.3. The van der Waals surface area contributed by atoms with E-state index in [2.05, 4.69) is 27.1 Å². The molecule has 1 unspecified atom stereocenters. The minimum absolute atomic E-state index is 0.0319. The van der Waals surface area contributed by atoms with Gasteiger partial charge in [0.1, 0.15) is 5.76 Å². The Morgan fingerprint density at radius 3 is 2.52 bits per heavy atom. The highest BCUT2D eigenvalue weighted by molar-refractivity contribution is 5.95. The molecule has 0 radical (unpaired) electrons. The van der Waals surface area contributed by atoms with Crippen molar-refractivity contribution in [3.8, 4) is 22.3 Å². The maximum atomic E-state index is 10.3. The fraction of sp³-hybridized carbons (Fsp3) is 0.208. The zero-order chi connectivity index (χ0) is 21.5. The molecule has 5 rings (SSSR count). The molecule has 0 fully saturated rings. The Labute approximate surface area is 179 Å². The van der Waals surface area contributed by atoms with E-state index in [1.54, 1.807) is 4.68 Å². The predicted molar refractivity (Wildman–Crippen MR) is 119 cm³/mol. The van der Waals surface area contributed by atoms with Crippen molar-refractivity contribution in [1.29, 1.82) is 0 Å². The summed E-state index contributed by atoms with van der Waals surface area (Å²) < 4.78 is 9.25. The molecule has 0 aliphatic carbocycles. The van der Waals surface area contributed by atoms with Gasteiger partial charge in [-0.2, -0.15) is 5.10 Å². The lowest BCUT2D eigenvalue weighted by atomic mass is 10.0. The van der Waals surface area contributed by atoms with E-state index in [-0.39, 0.29) is 12.6 Å². The number of aromatic nitrogens is 5. The molecular formula is C24H23N5O2. The van der Waals surface area contributed by atoms with E-state index in [9.17, 15) is 5.11 Å². The van der Waals surface area contributed by atoms with Crippen LogP contribution in [0.25, 0.3) is 33.3 Å². The summed E-state index contributed by atoms with van der Waals surface area (Å²) >= 11 is 0. The first-order valence-corrected chi connectivity index (χ1v) is 10.2. The van der Waals surface area contributed by atoms with Gasteiger partial charge in [-0.15, -0.1) is 0 Å². The molecule has 1 atom stereocenters. The SMILES string of the molecule is Cc1noc(C)c1-c1cnc2c(-c3cnn(C)c3)cn(C(CO)c3ccccc3)c2c1. The number of pyridine rings is 1. The molecule has 7 heteroatoms. The molecule has 0 spiro atoms. The average Bonchev–Trinajstić information content (AvgIpc) is 3.46. The summed E-state index contributed by atoms with van der Waals surface area (Å²) in [5.41, 5.74) is 7.48. The van der Waals surface area contributed by atoms with E-state index < -0.39 is 0 Å². The van der Waals surface area contributed by atoms with Crippen LogP contribution in [-0.4, -0.2) is 36.2 Å². The molecule has 0 amide bonds.